The Hall–Kier alpha value is -2.63. The number of carbonyl (C=O) groups is 1. The number of aromatic nitrogens is 2. The molecule has 0 radical (unpaired) electrons. The van der Waals surface area contributed by atoms with Crippen LogP contribution in [0.25, 0.3) is 0 Å². The lowest BCUT2D eigenvalue weighted by molar-refractivity contribution is 0.0693. The summed E-state index contributed by atoms with van der Waals surface area (Å²) in [4.78, 5) is 26.5. The van der Waals surface area contributed by atoms with E-state index < -0.39 is 5.97 Å². The van der Waals surface area contributed by atoms with E-state index in [0.29, 0.717) is 5.56 Å². The SMILES string of the molecule is COc1ccc(Cn2cc(C)cnc2=O)cc1C(=O)O. The van der Waals surface area contributed by atoms with Crippen LogP contribution in [0.15, 0.2) is 35.4 Å². The molecule has 1 N–H and O–H groups in total. The van der Waals surface area contributed by atoms with Gasteiger partial charge in [-0.05, 0) is 30.2 Å². The number of hydrogen-bond donors (Lipinski definition) is 1. The summed E-state index contributed by atoms with van der Waals surface area (Å²) in [5, 5.41) is 9.13. The van der Waals surface area contributed by atoms with Gasteiger partial charge in [-0.3, -0.25) is 4.57 Å². The Labute approximate surface area is 115 Å². The molecule has 0 fully saturated rings. The molecular weight excluding hydrogens is 260 g/mol. The van der Waals surface area contributed by atoms with Crippen molar-refractivity contribution in [3.8, 4) is 5.75 Å². The van der Waals surface area contributed by atoms with Crippen molar-refractivity contribution in [2.24, 2.45) is 0 Å². The second-order valence-corrected chi connectivity index (χ2v) is 4.38. The van der Waals surface area contributed by atoms with Gasteiger partial charge in [-0.2, -0.15) is 0 Å². The minimum Gasteiger partial charge on any atom is -0.496 e. The molecular formula is C14H14N2O4. The molecule has 20 heavy (non-hydrogen) atoms. The van der Waals surface area contributed by atoms with Gasteiger partial charge < -0.3 is 9.84 Å². The van der Waals surface area contributed by atoms with Gasteiger partial charge in [0, 0.05) is 12.4 Å². The fourth-order valence-corrected chi connectivity index (χ4v) is 1.90. The van der Waals surface area contributed by atoms with Gasteiger partial charge in [-0.1, -0.05) is 6.07 Å². The number of benzene rings is 1. The number of nitrogens with zero attached hydrogens (tertiary/aromatic N) is 2. The largest absolute Gasteiger partial charge is 0.496 e. The van der Waals surface area contributed by atoms with Gasteiger partial charge in [0.15, 0.2) is 0 Å². The quantitative estimate of drug-likeness (QED) is 0.909. The zero-order chi connectivity index (χ0) is 14.7. The molecule has 0 saturated heterocycles. The Balaban J connectivity index is 2.39. The highest BCUT2D eigenvalue weighted by molar-refractivity contribution is 5.91. The molecule has 1 aromatic carbocycles. The van der Waals surface area contributed by atoms with Gasteiger partial charge in [0.2, 0.25) is 0 Å². The summed E-state index contributed by atoms with van der Waals surface area (Å²) in [6.45, 7) is 2.09. The number of ether oxygens (including phenoxy) is 1. The van der Waals surface area contributed by atoms with Crippen LogP contribution in [0.1, 0.15) is 21.5 Å². The molecule has 2 rings (SSSR count). The minimum atomic E-state index is -1.07. The van der Waals surface area contributed by atoms with Crippen LogP contribution < -0.4 is 10.4 Å². The number of carboxylic acids is 1. The van der Waals surface area contributed by atoms with Gasteiger partial charge in [0.1, 0.15) is 11.3 Å². The second-order valence-electron chi connectivity index (χ2n) is 4.38. The van der Waals surface area contributed by atoms with Crippen LogP contribution >= 0.6 is 0 Å². The normalized spacial score (nSPS) is 10.3. The van der Waals surface area contributed by atoms with E-state index in [4.69, 9.17) is 9.84 Å². The maximum absolute atomic E-state index is 11.6. The van der Waals surface area contributed by atoms with Gasteiger partial charge in [0.05, 0.1) is 13.7 Å². The van der Waals surface area contributed by atoms with E-state index in [2.05, 4.69) is 4.98 Å². The molecule has 0 unspecified atom stereocenters. The summed E-state index contributed by atoms with van der Waals surface area (Å²) in [6, 6.07) is 4.79. The van der Waals surface area contributed by atoms with Crippen molar-refractivity contribution in [2.45, 2.75) is 13.5 Å². The van der Waals surface area contributed by atoms with E-state index in [1.807, 2.05) is 6.92 Å². The third kappa shape index (κ3) is 2.85. The Bertz CT molecular complexity index is 707. The molecule has 0 aliphatic heterocycles. The van der Waals surface area contributed by atoms with E-state index in [1.165, 1.54) is 23.9 Å². The number of aromatic carboxylic acids is 1. The van der Waals surface area contributed by atoms with Crippen LogP contribution in [-0.2, 0) is 6.54 Å². The van der Waals surface area contributed by atoms with E-state index in [9.17, 15) is 9.59 Å². The summed E-state index contributed by atoms with van der Waals surface area (Å²) in [6.07, 6.45) is 3.18. The van der Waals surface area contributed by atoms with Crippen molar-refractivity contribution in [3.05, 3.63) is 57.8 Å². The molecule has 0 aliphatic carbocycles. The zero-order valence-electron chi connectivity index (χ0n) is 11.2. The molecule has 104 valence electrons. The zero-order valence-corrected chi connectivity index (χ0v) is 11.2. The Morgan fingerprint density at radius 3 is 2.85 bits per heavy atom. The van der Waals surface area contributed by atoms with Crippen molar-refractivity contribution in [3.63, 3.8) is 0 Å². The maximum Gasteiger partial charge on any atom is 0.347 e. The number of methoxy groups -OCH3 is 1. The topological polar surface area (TPSA) is 81.4 Å². The molecule has 1 aromatic heterocycles. The van der Waals surface area contributed by atoms with E-state index in [-0.39, 0.29) is 23.5 Å². The first-order valence-electron chi connectivity index (χ1n) is 5.94. The number of carboxylic acid groups (broad SMARTS) is 1. The predicted octanol–water partition coefficient (Wildman–Crippen LogP) is 1.31. The van der Waals surface area contributed by atoms with Crippen molar-refractivity contribution in [1.29, 1.82) is 0 Å². The minimum absolute atomic E-state index is 0.0682. The lowest BCUT2D eigenvalue weighted by Gasteiger charge is -2.09. The Kier molecular flexibility index (Phi) is 3.84. The monoisotopic (exact) mass is 274 g/mol. The summed E-state index contributed by atoms with van der Waals surface area (Å²) in [7, 11) is 1.41. The average molecular weight is 274 g/mol. The molecule has 6 heteroatoms. The maximum atomic E-state index is 11.6. The van der Waals surface area contributed by atoms with Gasteiger partial charge in [0.25, 0.3) is 0 Å². The first kappa shape index (κ1) is 13.8. The molecule has 0 saturated carbocycles. The fraction of sp³-hybridized carbons (Fsp3) is 0.214. The third-order valence-corrected chi connectivity index (χ3v) is 2.83. The Morgan fingerprint density at radius 1 is 1.45 bits per heavy atom. The lowest BCUT2D eigenvalue weighted by Crippen LogP contribution is -2.23. The highest BCUT2D eigenvalue weighted by Crippen LogP contribution is 2.20. The molecule has 6 nitrogen and oxygen atoms in total. The van der Waals surface area contributed by atoms with Crippen molar-refractivity contribution >= 4 is 5.97 Å². The predicted molar refractivity (Wildman–Crippen MR) is 72.3 cm³/mol. The van der Waals surface area contributed by atoms with Crippen LogP contribution in [0.5, 0.6) is 5.75 Å². The van der Waals surface area contributed by atoms with Crippen molar-refractivity contribution < 1.29 is 14.6 Å². The first-order valence-corrected chi connectivity index (χ1v) is 5.94. The van der Waals surface area contributed by atoms with Gasteiger partial charge in [-0.25, -0.2) is 14.6 Å². The van der Waals surface area contributed by atoms with Crippen LogP contribution in [0.2, 0.25) is 0 Å². The van der Waals surface area contributed by atoms with Crippen LogP contribution in [-0.4, -0.2) is 27.7 Å². The number of rotatable bonds is 4. The van der Waals surface area contributed by atoms with Crippen molar-refractivity contribution in [1.82, 2.24) is 9.55 Å². The average Bonchev–Trinajstić information content (AvgIpc) is 2.42. The van der Waals surface area contributed by atoms with Gasteiger partial charge in [-0.15, -0.1) is 0 Å². The van der Waals surface area contributed by atoms with Crippen molar-refractivity contribution in [2.75, 3.05) is 7.11 Å². The molecule has 0 amide bonds. The first-order chi connectivity index (χ1) is 9.51. The smallest absolute Gasteiger partial charge is 0.347 e. The van der Waals surface area contributed by atoms with E-state index >= 15 is 0 Å². The molecule has 0 aliphatic rings. The summed E-state index contributed by atoms with van der Waals surface area (Å²) < 4.78 is 6.43. The molecule has 0 bridgehead atoms. The van der Waals surface area contributed by atoms with Crippen LogP contribution in [0.3, 0.4) is 0 Å². The van der Waals surface area contributed by atoms with E-state index in [1.54, 1.807) is 18.3 Å². The second kappa shape index (κ2) is 5.56. The van der Waals surface area contributed by atoms with E-state index in [0.717, 1.165) is 5.56 Å². The highest BCUT2D eigenvalue weighted by atomic mass is 16.5. The molecule has 1 heterocycles. The highest BCUT2D eigenvalue weighted by Gasteiger charge is 2.12. The number of hydrogen-bond acceptors (Lipinski definition) is 4. The molecule has 2 aromatic rings. The summed E-state index contributed by atoms with van der Waals surface area (Å²) in [5.41, 5.74) is 1.25. The third-order valence-electron chi connectivity index (χ3n) is 2.83. The lowest BCUT2D eigenvalue weighted by atomic mass is 10.1. The standard InChI is InChI=1S/C14H14N2O4/c1-9-6-15-14(19)16(7-9)8-10-3-4-12(20-2)11(5-10)13(17)18/h3-7H,8H2,1-2H3,(H,17,18). The molecule has 0 spiro atoms. The molecule has 0 atom stereocenters. The van der Waals surface area contributed by atoms with Crippen LogP contribution in [0.4, 0.5) is 0 Å². The summed E-state index contributed by atoms with van der Waals surface area (Å²) in [5.74, 6) is -0.783. The fourth-order valence-electron chi connectivity index (χ4n) is 1.90. The Morgan fingerprint density at radius 2 is 2.20 bits per heavy atom. The summed E-state index contributed by atoms with van der Waals surface area (Å²) >= 11 is 0. The number of aryl methyl sites for hydroxylation is 1. The van der Waals surface area contributed by atoms with Crippen LogP contribution in [0, 0.1) is 6.92 Å². The van der Waals surface area contributed by atoms with Gasteiger partial charge >= 0.3 is 11.7 Å².